The van der Waals surface area contributed by atoms with E-state index in [1.54, 1.807) is 0 Å². The molecule has 6 nitrogen and oxygen atoms in total. The number of rotatable bonds is 58. The molecule has 0 aromatic carbocycles. The highest BCUT2D eigenvalue weighted by molar-refractivity contribution is 5.71. The SMILES string of the molecule is CC/C=C\C/C=C\C/C=C\C/C=C\CCCCCCCCCCCCC(=O)OCC(COC(=O)CCCCCCC/C=C\C/C=C\CCCCC)OC(=O)CCCCCCCCCCCCCCCCCCCC. The Kier molecular flexibility index (Phi) is 59.7. The van der Waals surface area contributed by atoms with Crippen LogP contribution in [0.15, 0.2) is 72.9 Å². The average molecular weight is 1030 g/mol. The molecule has 0 aromatic rings. The fourth-order valence-corrected chi connectivity index (χ4v) is 9.17. The first-order valence-corrected chi connectivity index (χ1v) is 31.9. The van der Waals surface area contributed by atoms with Gasteiger partial charge in [-0.25, -0.2) is 0 Å². The summed E-state index contributed by atoms with van der Waals surface area (Å²) in [5.74, 6) is -0.880. The van der Waals surface area contributed by atoms with Crippen LogP contribution in [0.25, 0.3) is 0 Å². The van der Waals surface area contributed by atoms with Gasteiger partial charge in [-0.05, 0) is 89.9 Å². The van der Waals surface area contributed by atoms with Gasteiger partial charge in [-0.3, -0.25) is 14.4 Å². The second kappa shape index (κ2) is 62.4. The molecule has 74 heavy (non-hydrogen) atoms. The van der Waals surface area contributed by atoms with Gasteiger partial charge in [0.15, 0.2) is 6.10 Å². The minimum atomic E-state index is -0.782. The summed E-state index contributed by atoms with van der Waals surface area (Å²) in [7, 11) is 0. The highest BCUT2D eigenvalue weighted by atomic mass is 16.6. The minimum absolute atomic E-state index is 0.0793. The number of allylic oxidation sites excluding steroid dienone is 12. The Balaban J connectivity index is 4.34. The normalized spacial score (nSPS) is 12.5. The fraction of sp³-hybridized carbons (Fsp3) is 0.779. The molecule has 0 rings (SSSR count). The average Bonchev–Trinajstić information content (AvgIpc) is 3.40. The van der Waals surface area contributed by atoms with E-state index in [-0.39, 0.29) is 31.1 Å². The second-order valence-corrected chi connectivity index (χ2v) is 21.3. The molecular weight excluding hydrogens is 913 g/mol. The number of carbonyl (C=O) groups is 3. The Labute approximate surface area is 459 Å². The molecule has 0 N–H and O–H groups in total. The van der Waals surface area contributed by atoms with Gasteiger partial charge in [-0.2, -0.15) is 0 Å². The maximum Gasteiger partial charge on any atom is 0.306 e. The minimum Gasteiger partial charge on any atom is -0.462 e. The summed E-state index contributed by atoms with van der Waals surface area (Å²) in [6.45, 7) is 6.53. The molecule has 1 atom stereocenters. The fourth-order valence-electron chi connectivity index (χ4n) is 9.17. The molecule has 6 heteroatoms. The van der Waals surface area contributed by atoms with Crippen molar-refractivity contribution >= 4 is 17.9 Å². The third kappa shape index (κ3) is 59.7. The van der Waals surface area contributed by atoms with Gasteiger partial charge in [0.05, 0.1) is 0 Å². The van der Waals surface area contributed by atoms with Crippen LogP contribution in [0.4, 0.5) is 0 Å². The van der Waals surface area contributed by atoms with E-state index in [4.69, 9.17) is 14.2 Å². The molecule has 0 radical (unpaired) electrons. The predicted molar refractivity (Wildman–Crippen MR) is 321 cm³/mol. The van der Waals surface area contributed by atoms with E-state index >= 15 is 0 Å². The summed E-state index contributed by atoms with van der Waals surface area (Å²) < 4.78 is 16.9. The molecule has 0 aliphatic carbocycles. The highest BCUT2D eigenvalue weighted by Crippen LogP contribution is 2.17. The van der Waals surface area contributed by atoms with Crippen LogP contribution >= 0.6 is 0 Å². The van der Waals surface area contributed by atoms with E-state index in [9.17, 15) is 14.4 Å². The molecule has 0 saturated carbocycles. The second-order valence-electron chi connectivity index (χ2n) is 21.3. The van der Waals surface area contributed by atoms with Gasteiger partial charge < -0.3 is 14.2 Å². The first-order valence-electron chi connectivity index (χ1n) is 31.9. The molecule has 0 saturated heterocycles. The largest absolute Gasteiger partial charge is 0.462 e. The molecule has 0 aliphatic heterocycles. The van der Waals surface area contributed by atoms with Crippen molar-refractivity contribution < 1.29 is 28.6 Å². The zero-order chi connectivity index (χ0) is 53.6. The van der Waals surface area contributed by atoms with Crippen LogP contribution in [0.2, 0.25) is 0 Å². The van der Waals surface area contributed by atoms with Crippen molar-refractivity contribution in [2.24, 2.45) is 0 Å². The summed E-state index contributed by atoms with van der Waals surface area (Å²) >= 11 is 0. The summed E-state index contributed by atoms with van der Waals surface area (Å²) in [6.07, 6.45) is 80.4. The van der Waals surface area contributed by atoms with Crippen LogP contribution in [-0.4, -0.2) is 37.2 Å². The Hall–Kier alpha value is -3.15. The van der Waals surface area contributed by atoms with Gasteiger partial charge in [-0.1, -0.05) is 286 Å². The smallest absolute Gasteiger partial charge is 0.306 e. The summed E-state index contributed by atoms with van der Waals surface area (Å²) in [5, 5.41) is 0. The maximum absolute atomic E-state index is 12.9. The zero-order valence-corrected chi connectivity index (χ0v) is 49.1. The number of hydrogen-bond acceptors (Lipinski definition) is 6. The zero-order valence-electron chi connectivity index (χ0n) is 49.1. The van der Waals surface area contributed by atoms with Crippen molar-refractivity contribution in [3.05, 3.63) is 72.9 Å². The van der Waals surface area contributed by atoms with Gasteiger partial charge in [-0.15, -0.1) is 0 Å². The molecule has 0 bridgehead atoms. The number of hydrogen-bond donors (Lipinski definition) is 0. The Morgan fingerprint density at radius 1 is 0.284 bits per heavy atom. The monoisotopic (exact) mass is 1030 g/mol. The molecule has 1 unspecified atom stereocenters. The molecular formula is C68H120O6. The predicted octanol–water partition coefficient (Wildman–Crippen LogP) is 21.7. The lowest BCUT2D eigenvalue weighted by Gasteiger charge is -2.18. The Morgan fingerprint density at radius 3 is 0.851 bits per heavy atom. The van der Waals surface area contributed by atoms with Gasteiger partial charge in [0, 0.05) is 19.3 Å². The van der Waals surface area contributed by atoms with Gasteiger partial charge >= 0.3 is 17.9 Å². The third-order valence-electron chi connectivity index (χ3n) is 13.9. The van der Waals surface area contributed by atoms with Crippen molar-refractivity contribution in [3.63, 3.8) is 0 Å². The van der Waals surface area contributed by atoms with Crippen molar-refractivity contribution in [1.82, 2.24) is 0 Å². The first kappa shape index (κ1) is 70.8. The lowest BCUT2D eigenvalue weighted by molar-refractivity contribution is -0.167. The van der Waals surface area contributed by atoms with Crippen molar-refractivity contribution in [3.8, 4) is 0 Å². The molecule has 428 valence electrons. The number of carbonyl (C=O) groups excluding carboxylic acids is 3. The Morgan fingerprint density at radius 2 is 0.527 bits per heavy atom. The Bertz CT molecular complexity index is 1370. The van der Waals surface area contributed by atoms with Gasteiger partial charge in [0.2, 0.25) is 0 Å². The summed E-state index contributed by atoms with van der Waals surface area (Å²) in [4.78, 5) is 38.3. The van der Waals surface area contributed by atoms with E-state index in [1.165, 1.54) is 180 Å². The number of unbranched alkanes of at least 4 members (excludes halogenated alkanes) is 35. The third-order valence-corrected chi connectivity index (χ3v) is 13.9. The van der Waals surface area contributed by atoms with Crippen LogP contribution in [0.5, 0.6) is 0 Å². The van der Waals surface area contributed by atoms with E-state index in [0.717, 1.165) is 103 Å². The van der Waals surface area contributed by atoms with Crippen molar-refractivity contribution in [1.29, 1.82) is 0 Å². The lowest BCUT2D eigenvalue weighted by Crippen LogP contribution is -2.30. The summed E-state index contributed by atoms with van der Waals surface area (Å²) in [5.41, 5.74) is 0. The lowest BCUT2D eigenvalue weighted by atomic mass is 10.0. The van der Waals surface area contributed by atoms with Crippen LogP contribution in [-0.2, 0) is 28.6 Å². The van der Waals surface area contributed by atoms with Gasteiger partial charge in [0.25, 0.3) is 0 Å². The number of esters is 3. The quantitative estimate of drug-likeness (QED) is 0.0261. The topological polar surface area (TPSA) is 78.9 Å². The van der Waals surface area contributed by atoms with Crippen LogP contribution in [0, 0.1) is 0 Å². The molecule has 0 amide bonds. The molecule has 0 aliphatic rings. The van der Waals surface area contributed by atoms with Crippen LogP contribution < -0.4 is 0 Å². The first-order chi connectivity index (χ1) is 36.5. The van der Waals surface area contributed by atoms with Crippen molar-refractivity contribution in [2.75, 3.05) is 13.2 Å². The van der Waals surface area contributed by atoms with Gasteiger partial charge in [0.1, 0.15) is 13.2 Å². The maximum atomic E-state index is 12.9. The highest BCUT2D eigenvalue weighted by Gasteiger charge is 2.19. The van der Waals surface area contributed by atoms with E-state index in [0.29, 0.717) is 19.3 Å². The molecule has 0 fully saturated rings. The van der Waals surface area contributed by atoms with E-state index in [2.05, 4.69) is 93.7 Å². The van der Waals surface area contributed by atoms with Crippen LogP contribution in [0.3, 0.4) is 0 Å². The molecule has 0 spiro atoms. The summed E-state index contributed by atoms with van der Waals surface area (Å²) in [6, 6.07) is 0. The molecule has 0 heterocycles. The van der Waals surface area contributed by atoms with Crippen molar-refractivity contribution in [2.45, 2.75) is 329 Å². The standard InChI is InChI=1S/C68H120O6/c1-4-7-10-13-16-19-22-25-28-30-32-33-34-35-36-38-40-43-46-49-52-55-58-61-67(70)73-64-65(63-72-66(69)60-57-54-51-48-45-42-39-27-24-21-18-15-12-9-6-3)74-68(71)62-59-56-53-50-47-44-41-37-31-29-26-23-20-17-14-11-8-5-2/h7,10,16,18-19,21,25,27-28,32-33,39,65H,4-6,8-9,11-15,17,20,22-24,26,29-31,34-38,40-64H2,1-3H3/b10-7-,19-16-,21-18-,28-25-,33-32-,39-27-. The van der Waals surface area contributed by atoms with E-state index < -0.39 is 6.10 Å². The van der Waals surface area contributed by atoms with E-state index in [1.807, 2.05) is 0 Å². The number of ether oxygens (including phenoxy) is 3. The van der Waals surface area contributed by atoms with Crippen LogP contribution in [0.1, 0.15) is 323 Å². The molecule has 0 aromatic heterocycles.